The molecule has 2 aromatic carbocycles. The molecule has 1 aromatic heterocycles. The molecule has 3 N–H and O–H groups in total. The highest BCUT2D eigenvalue weighted by atomic mass is 35.5. The van der Waals surface area contributed by atoms with Gasteiger partial charge in [-0.2, -0.15) is 0 Å². The Kier molecular flexibility index (Phi) is 9.05. The highest BCUT2D eigenvalue weighted by molar-refractivity contribution is 6.31. The molecule has 212 valence electrons. The van der Waals surface area contributed by atoms with Gasteiger partial charge in [0.2, 0.25) is 5.91 Å². The second-order valence-electron chi connectivity index (χ2n) is 9.34. The number of aliphatic hydroxyl groups excluding tert-OH is 1. The van der Waals surface area contributed by atoms with Crippen LogP contribution in [0.15, 0.2) is 54.7 Å². The highest BCUT2D eigenvalue weighted by Gasteiger charge is 2.38. The largest absolute Gasteiger partial charge is 0.387 e. The summed E-state index contributed by atoms with van der Waals surface area (Å²) in [5.41, 5.74) is 0.266. The summed E-state index contributed by atoms with van der Waals surface area (Å²) in [6.07, 6.45) is 1.64. The van der Waals surface area contributed by atoms with Gasteiger partial charge in [-0.1, -0.05) is 35.9 Å². The Balaban J connectivity index is 1.72. The first-order chi connectivity index (χ1) is 19.6. The van der Waals surface area contributed by atoms with Crippen molar-refractivity contribution in [3.05, 3.63) is 65.4 Å². The average Bonchev–Trinajstić information content (AvgIpc) is 3.06. The summed E-state index contributed by atoms with van der Waals surface area (Å²) >= 11 is 6.19. The van der Waals surface area contributed by atoms with Crippen LogP contribution in [0, 0.1) is 0 Å². The van der Waals surface area contributed by atoms with Gasteiger partial charge in [0, 0.05) is 23.0 Å². The number of ketones is 1. The predicted octanol–water partition coefficient (Wildman–Crippen LogP) is 1.02. The number of pyridine rings is 1. The van der Waals surface area contributed by atoms with Gasteiger partial charge in [0.15, 0.2) is 0 Å². The van der Waals surface area contributed by atoms with Crippen molar-refractivity contribution in [1.29, 1.82) is 0 Å². The number of nitrogens with one attached hydrogen (secondary N) is 2. The van der Waals surface area contributed by atoms with Crippen LogP contribution in [0.1, 0.15) is 23.8 Å². The molecule has 0 radical (unpaired) electrons. The van der Waals surface area contributed by atoms with Gasteiger partial charge in [0.1, 0.15) is 37.0 Å². The third kappa shape index (κ3) is 6.56. The lowest BCUT2D eigenvalue weighted by Gasteiger charge is -2.25. The summed E-state index contributed by atoms with van der Waals surface area (Å²) in [6.45, 7) is -0.638. The predicted molar refractivity (Wildman–Crippen MR) is 150 cm³/mol. The maximum atomic E-state index is 13.9. The van der Waals surface area contributed by atoms with Gasteiger partial charge in [-0.25, -0.2) is 0 Å². The van der Waals surface area contributed by atoms with Crippen molar-refractivity contribution in [3.8, 4) is 0 Å². The van der Waals surface area contributed by atoms with Crippen LogP contribution in [0.4, 0.5) is 11.4 Å². The van der Waals surface area contributed by atoms with E-state index in [2.05, 4.69) is 15.6 Å². The summed E-state index contributed by atoms with van der Waals surface area (Å²) in [5.74, 6) is -3.32. The van der Waals surface area contributed by atoms with E-state index in [1.165, 1.54) is 31.3 Å². The molecule has 0 saturated carbocycles. The monoisotopic (exact) mass is 579 g/mol. The molecule has 3 aromatic rings. The summed E-state index contributed by atoms with van der Waals surface area (Å²) < 4.78 is 0. The number of rotatable bonds is 9. The van der Waals surface area contributed by atoms with E-state index in [4.69, 9.17) is 11.6 Å². The minimum absolute atomic E-state index is 0.0445. The molecule has 0 spiro atoms. The zero-order valence-corrected chi connectivity index (χ0v) is 22.6. The molecule has 0 unspecified atom stereocenters. The Morgan fingerprint density at radius 2 is 1.90 bits per heavy atom. The first kappa shape index (κ1) is 29.3. The summed E-state index contributed by atoms with van der Waals surface area (Å²) in [7, 11) is 0. The number of anilines is 2. The van der Waals surface area contributed by atoms with Crippen molar-refractivity contribution >= 4 is 69.4 Å². The fourth-order valence-corrected chi connectivity index (χ4v) is 4.73. The van der Waals surface area contributed by atoms with E-state index in [1.54, 1.807) is 30.3 Å². The second-order valence-corrected chi connectivity index (χ2v) is 9.78. The van der Waals surface area contributed by atoms with Gasteiger partial charge >= 0.3 is 0 Å². The number of hydrogen-bond acceptors (Lipinski definition) is 8. The van der Waals surface area contributed by atoms with Crippen molar-refractivity contribution in [1.82, 2.24) is 15.6 Å². The zero-order chi connectivity index (χ0) is 29.7. The Labute approximate surface area is 239 Å². The molecule has 0 aliphatic carbocycles. The number of carbonyl (C=O) groups excluding carboxylic acids is 6. The van der Waals surface area contributed by atoms with Crippen molar-refractivity contribution in [2.45, 2.75) is 25.4 Å². The van der Waals surface area contributed by atoms with Crippen LogP contribution in [-0.2, 0) is 24.0 Å². The maximum Gasteiger partial charge on any atom is 0.271 e. The minimum atomic E-state index is -1.38. The molecule has 41 heavy (non-hydrogen) atoms. The molecule has 13 heteroatoms. The van der Waals surface area contributed by atoms with Gasteiger partial charge in [0.25, 0.3) is 17.7 Å². The molecule has 4 amide bonds. The third-order valence-corrected chi connectivity index (χ3v) is 6.63. The number of aliphatic hydroxyl groups is 1. The normalized spacial score (nSPS) is 15.5. The van der Waals surface area contributed by atoms with Crippen molar-refractivity contribution in [2.75, 3.05) is 29.5 Å². The smallest absolute Gasteiger partial charge is 0.271 e. The summed E-state index contributed by atoms with van der Waals surface area (Å²) in [6, 6.07) is 10.5. The lowest BCUT2D eigenvalue weighted by atomic mass is 10.1. The minimum Gasteiger partial charge on any atom is -0.387 e. The lowest BCUT2D eigenvalue weighted by Crippen LogP contribution is -2.55. The van der Waals surface area contributed by atoms with Gasteiger partial charge in [0.05, 0.1) is 24.0 Å². The van der Waals surface area contributed by atoms with Gasteiger partial charge in [-0.15, -0.1) is 0 Å². The van der Waals surface area contributed by atoms with Crippen LogP contribution in [0.25, 0.3) is 10.8 Å². The first-order valence-corrected chi connectivity index (χ1v) is 12.9. The Hall–Kier alpha value is -4.68. The van der Waals surface area contributed by atoms with Crippen LogP contribution in [0.5, 0.6) is 0 Å². The van der Waals surface area contributed by atoms with Gasteiger partial charge < -0.3 is 25.4 Å². The molecule has 2 heterocycles. The van der Waals surface area contributed by atoms with E-state index >= 15 is 0 Å². The number of aldehydes is 1. The number of nitrogens with zero attached hydrogens (tertiary/aromatic N) is 3. The number of aromatic nitrogens is 1. The number of benzene rings is 2. The molecule has 12 nitrogen and oxygen atoms in total. The van der Waals surface area contributed by atoms with E-state index in [9.17, 15) is 33.9 Å². The van der Waals surface area contributed by atoms with E-state index < -0.39 is 48.9 Å². The number of hydrogen-bond donors (Lipinski definition) is 3. The van der Waals surface area contributed by atoms with Crippen molar-refractivity contribution < 1.29 is 33.9 Å². The zero-order valence-electron chi connectivity index (χ0n) is 21.9. The topological polar surface area (TPSA) is 166 Å². The van der Waals surface area contributed by atoms with E-state index in [1.807, 2.05) is 0 Å². The standard InChI is InChI=1S/C28H26ClN5O7/c1-16(37)10-19(14-35)31-24(38)13-34-22-7-6-18(29)11-23(22)33(25(39)15-36)12-21(28(34)41)32-27(40)26-20-5-3-2-4-17(20)8-9-30-26/h2-9,11,14,19,21,36H,10,12-13,15H2,1H3,(H,31,38)(H,32,40)/t19-,21-/m0/s1. The number of Topliss-reactive ketones (excluding diaryl/α,β-unsaturated/α-hetero) is 1. The SMILES string of the molecule is CC(=O)C[C@@H](C=O)NC(=O)CN1C(=O)[C@@H](NC(=O)c2nccc3ccccc23)CN(C(=O)CO)c2cc(Cl)ccc21. The molecule has 4 rings (SSSR count). The molecule has 1 aliphatic rings. The van der Waals surface area contributed by atoms with Crippen molar-refractivity contribution in [2.24, 2.45) is 0 Å². The Morgan fingerprint density at radius 3 is 2.61 bits per heavy atom. The number of carbonyl (C=O) groups is 6. The quantitative estimate of drug-likeness (QED) is 0.316. The second kappa shape index (κ2) is 12.7. The van der Waals surface area contributed by atoms with E-state index in [-0.39, 0.29) is 40.8 Å². The molecular formula is C28H26ClN5O7. The molecule has 0 saturated heterocycles. The molecule has 0 bridgehead atoms. The highest BCUT2D eigenvalue weighted by Crippen LogP contribution is 2.35. The fourth-order valence-electron chi connectivity index (χ4n) is 4.56. The third-order valence-electron chi connectivity index (χ3n) is 6.40. The maximum absolute atomic E-state index is 13.9. The van der Waals surface area contributed by atoms with Crippen LogP contribution in [0.3, 0.4) is 0 Å². The number of fused-ring (bicyclic) bond motifs is 2. The van der Waals surface area contributed by atoms with Crippen LogP contribution in [-0.4, -0.2) is 77.6 Å². The first-order valence-electron chi connectivity index (χ1n) is 12.5. The molecule has 0 fully saturated rings. The molecule has 2 atom stereocenters. The Morgan fingerprint density at radius 1 is 1.15 bits per heavy atom. The lowest BCUT2D eigenvalue weighted by molar-refractivity contribution is -0.127. The number of halogens is 1. The van der Waals surface area contributed by atoms with Crippen LogP contribution < -0.4 is 20.4 Å². The summed E-state index contributed by atoms with van der Waals surface area (Å²) in [5, 5.41) is 16.2. The molecule has 1 aliphatic heterocycles. The van der Waals surface area contributed by atoms with Crippen molar-refractivity contribution in [3.63, 3.8) is 0 Å². The van der Waals surface area contributed by atoms with Crippen LogP contribution in [0.2, 0.25) is 5.02 Å². The van der Waals surface area contributed by atoms with Gasteiger partial charge in [-0.3, -0.25) is 33.9 Å². The van der Waals surface area contributed by atoms with Gasteiger partial charge in [-0.05, 0) is 36.6 Å². The van der Waals surface area contributed by atoms with E-state index in [0.29, 0.717) is 11.7 Å². The fraction of sp³-hybridized carbons (Fsp3) is 0.250. The Bertz CT molecular complexity index is 1540. The number of amides is 4. The van der Waals surface area contributed by atoms with E-state index in [0.717, 1.165) is 15.2 Å². The average molecular weight is 580 g/mol. The molecular weight excluding hydrogens is 554 g/mol. The van der Waals surface area contributed by atoms with Crippen LogP contribution >= 0.6 is 11.6 Å². The summed E-state index contributed by atoms with van der Waals surface area (Å²) in [4.78, 5) is 82.2.